The monoisotopic (exact) mass is 342 g/mol. The maximum absolute atomic E-state index is 12.0. The third-order valence-electron chi connectivity index (χ3n) is 3.95. The molecule has 0 bridgehead atoms. The van der Waals surface area contributed by atoms with Gasteiger partial charge in [-0.1, -0.05) is 42.5 Å². The Bertz CT molecular complexity index is 635. The second-order valence-electron chi connectivity index (χ2n) is 6.13. The van der Waals surface area contributed by atoms with Gasteiger partial charge in [-0.15, -0.1) is 0 Å². The standard InChI is InChI=1S/C20H26N2O3/c1-15(23)5-6-17-7-9-18(10-8-17)20(16(2)24)22-12-11-21-19-4-3-13-25-14-19/h3-10,19-22H,11-14H2,1-2H3/b6-5+. The molecule has 2 atom stereocenters. The summed E-state index contributed by atoms with van der Waals surface area (Å²) in [4.78, 5) is 23.0. The molecule has 0 spiro atoms. The van der Waals surface area contributed by atoms with Gasteiger partial charge in [0.25, 0.3) is 0 Å². The SMILES string of the molecule is CC(=O)/C=C/c1ccc(C(NCCNC2C=CCOC2)C(C)=O)cc1. The molecule has 1 aromatic carbocycles. The van der Waals surface area contributed by atoms with Crippen molar-refractivity contribution in [1.82, 2.24) is 10.6 Å². The molecule has 0 saturated carbocycles. The average Bonchev–Trinajstić information content (AvgIpc) is 2.61. The summed E-state index contributed by atoms with van der Waals surface area (Å²) in [5.74, 6) is 0.0889. The van der Waals surface area contributed by atoms with Gasteiger partial charge in [-0.3, -0.25) is 9.59 Å². The Morgan fingerprint density at radius 1 is 1.24 bits per heavy atom. The Kier molecular flexibility index (Phi) is 7.73. The molecule has 1 aliphatic heterocycles. The van der Waals surface area contributed by atoms with Gasteiger partial charge in [0.15, 0.2) is 11.6 Å². The third-order valence-corrected chi connectivity index (χ3v) is 3.95. The Balaban J connectivity index is 1.86. The summed E-state index contributed by atoms with van der Waals surface area (Å²) in [7, 11) is 0. The summed E-state index contributed by atoms with van der Waals surface area (Å²) in [5, 5.41) is 6.67. The maximum atomic E-state index is 12.0. The summed E-state index contributed by atoms with van der Waals surface area (Å²) < 4.78 is 5.36. The van der Waals surface area contributed by atoms with Crippen LogP contribution in [0.4, 0.5) is 0 Å². The summed E-state index contributed by atoms with van der Waals surface area (Å²) in [6.07, 6.45) is 7.42. The number of Topliss-reactive ketones (excluding diaryl/α,β-unsaturated/α-hetero) is 1. The van der Waals surface area contributed by atoms with E-state index in [2.05, 4.69) is 16.7 Å². The average molecular weight is 342 g/mol. The predicted octanol–water partition coefficient (Wildman–Crippen LogP) is 2.05. The highest BCUT2D eigenvalue weighted by atomic mass is 16.5. The fourth-order valence-electron chi connectivity index (χ4n) is 2.65. The van der Waals surface area contributed by atoms with Crippen molar-refractivity contribution in [2.24, 2.45) is 0 Å². The first kappa shape index (κ1) is 19.2. The van der Waals surface area contributed by atoms with Crippen molar-refractivity contribution in [2.75, 3.05) is 26.3 Å². The van der Waals surface area contributed by atoms with Crippen LogP contribution in [0.25, 0.3) is 6.08 Å². The van der Waals surface area contributed by atoms with Gasteiger partial charge in [0.05, 0.1) is 19.3 Å². The van der Waals surface area contributed by atoms with Gasteiger partial charge in [0, 0.05) is 19.1 Å². The molecule has 1 heterocycles. The molecule has 2 rings (SSSR count). The quantitative estimate of drug-likeness (QED) is 0.408. The highest BCUT2D eigenvalue weighted by Crippen LogP contribution is 2.15. The first-order chi connectivity index (χ1) is 12.1. The van der Waals surface area contributed by atoms with Crippen LogP contribution in [0.3, 0.4) is 0 Å². The Morgan fingerprint density at radius 2 is 2.00 bits per heavy atom. The van der Waals surface area contributed by atoms with Gasteiger partial charge < -0.3 is 15.4 Å². The van der Waals surface area contributed by atoms with Crippen molar-refractivity contribution in [1.29, 1.82) is 0 Å². The lowest BCUT2D eigenvalue weighted by atomic mass is 10.0. The van der Waals surface area contributed by atoms with E-state index in [4.69, 9.17) is 4.74 Å². The van der Waals surface area contributed by atoms with E-state index >= 15 is 0 Å². The van der Waals surface area contributed by atoms with Crippen molar-refractivity contribution in [3.63, 3.8) is 0 Å². The number of ether oxygens (including phenoxy) is 1. The molecule has 0 aromatic heterocycles. The van der Waals surface area contributed by atoms with E-state index in [0.717, 1.165) is 17.7 Å². The first-order valence-electron chi connectivity index (χ1n) is 8.56. The number of carbonyl (C=O) groups is 2. The minimum Gasteiger partial charge on any atom is -0.375 e. The fourth-order valence-corrected chi connectivity index (χ4v) is 2.65. The molecule has 5 heteroatoms. The normalized spacial score (nSPS) is 18.4. The topological polar surface area (TPSA) is 67.4 Å². The van der Waals surface area contributed by atoms with Crippen molar-refractivity contribution in [2.45, 2.75) is 25.9 Å². The zero-order chi connectivity index (χ0) is 18.1. The van der Waals surface area contributed by atoms with E-state index < -0.39 is 0 Å². The van der Waals surface area contributed by atoms with Crippen molar-refractivity contribution < 1.29 is 14.3 Å². The molecule has 0 amide bonds. The highest BCUT2D eigenvalue weighted by Gasteiger charge is 2.16. The maximum Gasteiger partial charge on any atom is 0.152 e. The number of nitrogens with one attached hydrogen (secondary N) is 2. The number of hydrogen-bond acceptors (Lipinski definition) is 5. The molecular weight excluding hydrogens is 316 g/mol. The molecule has 2 unspecified atom stereocenters. The molecule has 1 aromatic rings. The minimum atomic E-state index is -0.328. The Hall–Kier alpha value is -2.08. The number of hydrogen-bond donors (Lipinski definition) is 2. The fraction of sp³-hybridized carbons (Fsp3) is 0.400. The van der Waals surface area contributed by atoms with Gasteiger partial charge in [-0.05, 0) is 31.1 Å². The summed E-state index contributed by atoms with van der Waals surface area (Å²) in [6, 6.07) is 7.57. The lowest BCUT2D eigenvalue weighted by molar-refractivity contribution is -0.119. The number of ketones is 2. The van der Waals surface area contributed by atoms with Crippen LogP contribution in [0.15, 0.2) is 42.5 Å². The first-order valence-corrected chi connectivity index (χ1v) is 8.56. The molecule has 0 radical (unpaired) electrons. The van der Waals surface area contributed by atoms with E-state index in [1.165, 1.54) is 13.0 Å². The van der Waals surface area contributed by atoms with Crippen LogP contribution in [0.5, 0.6) is 0 Å². The summed E-state index contributed by atoms with van der Waals surface area (Å²) in [6.45, 7) is 5.90. The molecular formula is C20H26N2O3. The second kappa shape index (κ2) is 10.0. The number of rotatable bonds is 9. The minimum absolute atomic E-state index is 0.0121. The predicted molar refractivity (Wildman–Crippen MR) is 99.3 cm³/mol. The number of benzene rings is 1. The molecule has 1 aliphatic rings. The van der Waals surface area contributed by atoms with Gasteiger partial charge in [0.2, 0.25) is 0 Å². The van der Waals surface area contributed by atoms with E-state index in [1.807, 2.05) is 30.3 Å². The zero-order valence-electron chi connectivity index (χ0n) is 14.8. The van der Waals surface area contributed by atoms with Crippen molar-refractivity contribution >= 4 is 17.6 Å². The Morgan fingerprint density at radius 3 is 2.60 bits per heavy atom. The largest absolute Gasteiger partial charge is 0.375 e. The molecule has 0 fully saturated rings. The second-order valence-corrected chi connectivity index (χ2v) is 6.13. The molecule has 5 nitrogen and oxygen atoms in total. The van der Waals surface area contributed by atoms with Crippen LogP contribution in [0.2, 0.25) is 0 Å². The lowest BCUT2D eigenvalue weighted by Crippen LogP contribution is -2.39. The summed E-state index contributed by atoms with van der Waals surface area (Å²) in [5.41, 5.74) is 1.86. The molecule has 0 saturated heterocycles. The third kappa shape index (κ3) is 6.74. The van der Waals surface area contributed by atoms with Crippen molar-refractivity contribution in [3.05, 3.63) is 53.6 Å². The van der Waals surface area contributed by atoms with Gasteiger partial charge in [0.1, 0.15) is 0 Å². The van der Waals surface area contributed by atoms with Gasteiger partial charge in [-0.25, -0.2) is 0 Å². The Labute approximate surface area is 149 Å². The molecule has 134 valence electrons. The van der Waals surface area contributed by atoms with E-state index in [1.54, 1.807) is 13.0 Å². The number of allylic oxidation sites excluding steroid dienone is 1. The van der Waals surface area contributed by atoms with E-state index in [0.29, 0.717) is 19.8 Å². The van der Waals surface area contributed by atoms with Crippen LogP contribution >= 0.6 is 0 Å². The smallest absolute Gasteiger partial charge is 0.152 e. The van der Waals surface area contributed by atoms with Crippen LogP contribution in [0, 0.1) is 0 Å². The molecule has 25 heavy (non-hydrogen) atoms. The number of carbonyl (C=O) groups excluding carboxylic acids is 2. The van der Waals surface area contributed by atoms with Crippen LogP contribution < -0.4 is 10.6 Å². The van der Waals surface area contributed by atoms with E-state index in [-0.39, 0.29) is 23.7 Å². The lowest BCUT2D eigenvalue weighted by Gasteiger charge is -2.20. The molecule has 2 N–H and O–H groups in total. The summed E-state index contributed by atoms with van der Waals surface area (Å²) >= 11 is 0. The zero-order valence-corrected chi connectivity index (χ0v) is 14.8. The highest BCUT2D eigenvalue weighted by molar-refractivity contribution is 5.91. The van der Waals surface area contributed by atoms with Crippen LogP contribution in [0.1, 0.15) is 31.0 Å². The van der Waals surface area contributed by atoms with Crippen LogP contribution in [-0.4, -0.2) is 43.9 Å². The van der Waals surface area contributed by atoms with Gasteiger partial charge in [-0.2, -0.15) is 0 Å². The van der Waals surface area contributed by atoms with Crippen LogP contribution in [-0.2, 0) is 14.3 Å². The van der Waals surface area contributed by atoms with Gasteiger partial charge >= 0.3 is 0 Å². The van der Waals surface area contributed by atoms with Crippen molar-refractivity contribution in [3.8, 4) is 0 Å². The van der Waals surface area contributed by atoms with E-state index in [9.17, 15) is 9.59 Å². The molecule has 0 aliphatic carbocycles.